The molecule has 1 heterocycles. The van der Waals surface area contributed by atoms with E-state index in [9.17, 15) is 33.7 Å². The Labute approximate surface area is 209 Å². The highest BCUT2D eigenvalue weighted by molar-refractivity contribution is 6.23. The summed E-state index contributed by atoms with van der Waals surface area (Å²) in [4.78, 5) is 63.9. The second kappa shape index (κ2) is 10.2. The molecule has 12 heteroatoms. The van der Waals surface area contributed by atoms with Gasteiger partial charge in [-0.15, -0.1) is 0 Å². The fourth-order valence-electron chi connectivity index (χ4n) is 3.87. The number of halogens is 1. The van der Waals surface area contributed by atoms with Crippen molar-refractivity contribution in [2.75, 3.05) is 12.0 Å². The van der Waals surface area contributed by atoms with Crippen LogP contribution in [-0.2, 0) is 9.59 Å². The van der Waals surface area contributed by atoms with E-state index in [0.717, 1.165) is 18.2 Å². The Morgan fingerprint density at radius 2 is 1.81 bits per heavy atom. The number of hydrogen-bond acceptors (Lipinski definition) is 7. The molecule has 1 aliphatic heterocycles. The Morgan fingerprint density at radius 3 is 2.51 bits per heavy atom. The highest BCUT2D eigenvalue weighted by Gasteiger charge is 2.46. The van der Waals surface area contributed by atoms with Crippen LogP contribution in [0.5, 0.6) is 5.75 Å². The number of nitrogens with one attached hydrogen (secondary N) is 1. The molecule has 1 atom stereocenters. The van der Waals surface area contributed by atoms with E-state index in [4.69, 9.17) is 4.74 Å². The van der Waals surface area contributed by atoms with Crippen LogP contribution in [0.2, 0.25) is 0 Å². The largest absolute Gasteiger partial charge is 0.496 e. The predicted molar refractivity (Wildman–Crippen MR) is 127 cm³/mol. The molecule has 37 heavy (non-hydrogen) atoms. The molecule has 1 fully saturated rings. The number of nitro benzene ring substituents is 1. The maximum atomic E-state index is 13.9. The first kappa shape index (κ1) is 25.0. The summed E-state index contributed by atoms with van der Waals surface area (Å²) < 4.78 is 19.0. The minimum Gasteiger partial charge on any atom is -0.496 e. The van der Waals surface area contributed by atoms with Crippen LogP contribution in [0.4, 0.5) is 15.8 Å². The quantitative estimate of drug-likeness (QED) is 0.308. The van der Waals surface area contributed by atoms with Gasteiger partial charge >= 0.3 is 0 Å². The Balaban J connectivity index is 1.72. The standard InChI is InChI=1S/C25H19FN4O7/c1-37-21-11-3-2-10-19(21)23(32)27-29(24(33)15-6-4-7-16(26)12-15)20-14-22(31)28(25(20)34)17-8-5-9-18(13-17)30(35)36/h2-13,20H,14H2,1H3,(H,27,32). The van der Waals surface area contributed by atoms with Gasteiger partial charge in [-0.2, -0.15) is 0 Å². The molecule has 11 nitrogen and oxygen atoms in total. The van der Waals surface area contributed by atoms with E-state index >= 15 is 0 Å². The highest BCUT2D eigenvalue weighted by Crippen LogP contribution is 2.29. The Bertz CT molecular complexity index is 1430. The Morgan fingerprint density at radius 1 is 1.08 bits per heavy atom. The van der Waals surface area contributed by atoms with Gasteiger partial charge in [-0.05, 0) is 36.4 Å². The van der Waals surface area contributed by atoms with Gasteiger partial charge in [0.25, 0.3) is 23.4 Å². The van der Waals surface area contributed by atoms with Crippen LogP contribution in [0.25, 0.3) is 0 Å². The number of amides is 4. The molecule has 4 amide bonds. The van der Waals surface area contributed by atoms with E-state index in [1.54, 1.807) is 12.1 Å². The zero-order chi connectivity index (χ0) is 26.7. The number of benzene rings is 3. The summed E-state index contributed by atoms with van der Waals surface area (Å²) in [7, 11) is 1.35. The fraction of sp³-hybridized carbons (Fsp3) is 0.120. The second-order valence-electron chi connectivity index (χ2n) is 7.89. The molecule has 0 aromatic heterocycles. The SMILES string of the molecule is COc1ccccc1C(=O)NN(C(=O)c1cccc(F)c1)C1CC(=O)N(c2cccc([N+](=O)[O-])c2)C1=O. The van der Waals surface area contributed by atoms with Gasteiger partial charge in [-0.25, -0.2) is 14.3 Å². The van der Waals surface area contributed by atoms with Crippen molar-refractivity contribution in [3.63, 3.8) is 0 Å². The van der Waals surface area contributed by atoms with Crippen LogP contribution in [0.3, 0.4) is 0 Å². The highest BCUT2D eigenvalue weighted by atomic mass is 19.1. The van der Waals surface area contributed by atoms with Crippen molar-refractivity contribution < 1.29 is 33.2 Å². The molecule has 1 N–H and O–H groups in total. The molecular weight excluding hydrogens is 487 g/mol. The van der Waals surface area contributed by atoms with Crippen LogP contribution in [-0.4, -0.2) is 46.7 Å². The molecule has 1 aliphatic rings. The van der Waals surface area contributed by atoms with E-state index in [1.165, 1.54) is 49.6 Å². The number of hydrogen-bond donors (Lipinski definition) is 1. The smallest absolute Gasteiger partial charge is 0.273 e. The fourth-order valence-corrected chi connectivity index (χ4v) is 3.87. The van der Waals surface area contributed by atoms with Gasteiger partial charge in [-0.1, -0.05) is 24.3 Å². The van der Waals surface area contributed by atoms with Crippen molar-refractivity contribution in [3.05, 3.63) is 99.9 Å². The number of carbonyl (C=O) groups excluding carboxylic acids is 4. The lowest BCUT2D eigenvalue weighted by Crippen LogP contribution is -2.54. The third-order valence-electron chi connectivity index (χ3n) is 5.60. The van der Waals surface area contributed by atoms with Crippen LogP contribution in [0.1, 0.15) is 27.1 Å². The number of nitrogens with zero attached hydrogens (tertiary/aromatic N) is 3. The van der Waals surface area contributed by atoms with Gasteiger partial charge in [0.2, 0.25) is 5.91 Å². The van der Waals surface area contributed by atoms with E-state index in [2.05, 4.69) is 5.43 Å². The zero-order valence-electron chi connectivity index (χ0n) is 19.3. The molecule has 3 aromatic carbocycles. The van der Waals surface area contributed by atoms with Gasteiger partial charge in [0, 0.05) is 17.7 Å². The lowest BCUT2D eigenvalue weighted by Gasteiger charge is -2.28. The molecule has 3 aromatic rings. The molecule has 0 spiro atoms. The first-order valence-corrected chi connectivity index (χ1v) is 10.9. The van der Waals surface area contributed by atoms with Crippen LogP contribution in [0, 0.1) is 15.9 Å². The molecule has 0 saturated carbocycles. The topological polar surface area (TPSA) is 139 Å². The number of methoxy groups -OCH3 is 1. The zero-order valence-corrected chi connectivity index (χ0v) is 19.3. The molecule has 0 radical (unpaired) electrons. The van der Waals surface area contributed by atoms with Gasteiger partial charge in [-0.3, -0.25) is 34.7 Å². The van der Waals surface area contributed by atoms with Gasteiger partial charge in [0.15, 0.2) is 0 Å². The number of nitro groups is 1. The van der Waals surface area contributed by atoms with Crippen molar-refractivity contribution in [1.29, 1.82) is 0 Å². The summed E-state index contributed by atoms with van der Waals surface area (Å²) in [5, 5.41) is 11.8. The molecule has 1 saturated heterocycles. The summed E-state index contributed by atoms with van der Waals surface area (Å²) >= 11 is 0. The predicted octanol–water partition coefficient (Wildman–Crippen LogP) is 2.86. The van der Waals surface area contributed by atoms with Crippen LogP contribution in [0.15, 0.2) is 72.8 Å². The monoisotopic (exact) mass is 506 g/mol. The average molecular weight is 506 g/mol. The molecule has 4 rings (SSSR count). The van der Waals surface area contributed by atoms with Crippen molar-refractivity contribution in [2.24, 2.45) is 0 Å². The number of anilines is 1. The van der Waals surface area contributed by atoms with Crippen molar-refractivity contribution in [3.8, 4) is 5.75 Å². The lowest BCUT2D eigenvalue weighted by atomic mass is 10.1. The number of ether oxygens (including phenoxy) is 1. The number of imide groups is 1. The van der Waals surface area contributed by atoms with E-state index in [0.29, 0.717) is 9.91 Å². The third-order valence-corrected chi connectivity index (χ3v) is 5.60. The van der Waals surface area contributed by atoms with Crippen LogP contribution < -0.4 is 15.1 Å². The molecule has 1 unspecified atom stereocenters. The van der Waals surface area contributed by atoms with E-state index < -0.39 is 46.8 Å². The van der Waals surface area contributed by atoms with Crippen LogP contribution >= 0.6 is 0 Å². The first-order valence-electron chi connectivity index (χ1n) is 10.9. The summed E-state index contributed by atoms with van der Waals surface area (Å²) in [6.07, 6.45) is -0.533. The van der Waals surface area contributed by atoms with Gasteiger partial charge in [0.1, 0.15) is 17.6 Å². The average Bonchev–Trinajstić information content (AvgIpc) is 3.19. The minimum absolute atomic E-state index is 0.0364. The minimum atomic E-state index is -1.51. The molecule has 0 bridgehead atoms. The number of hydrazine groups is 1. The van der Waals surface area contributed by atoms with Gasteiger partial charge in [0.05, 0.1) is 29.7 Å². The molecule has 0 aliphatic carbocycles. The number of non-ortho nitro benzene ring substituents is 1. The maximum Gasteiger partial charge on any atom is 0.273 e. The summed E-state index contributed by atoms with van der Waals surface area (Å²) in [6, 6.07) is 14.1. The first-order chi connectivity index (χ1) is 17.7. The number of rotatable bonds is 6. The third kappa shape index (κ3) is 4.98. The van der Waals surface area contributed by atoms with Gasteiger partial charge < -0.3 is 4.74 Å². The Hall–Kier alpha value is -5.13. The molecule has 188 valence electrons. The summed E-state index contributed by atoms with van der Waals surface area (Å²) in [6.45, 7) is 0. The maximum absolute atomic E-state index is 13.9. The van der Waals surface area contributed by atoms with E-state index in [1.807, 2.05) is 0 Å². The summed E-state index contributed by atoms with van der Waals surface area (Å²) in [5.74, 6) is -3.97. The van der Waals surface area contributed by atoms with Crippen molar-refractivity contribution in [1.82, 2.24) is 10.4 Å². The normalized spacial score (nSPS) is 14.9. The second-order valence-corrected chi connectivity index (χ2v) is 7.89. The van der Waals surface area contributed by atoms with E-state index in [-0.39, 0.29) is 28.3 Å². The number of carbonyl (C=O) groups is 4. The number of para-hydroxylation sites is 1. The van der Waals surface area contributed by atoms with Crippen molar-refractivity contribution >= 4 is 35.0 Å². The lowest BCUT2D eigenvalue weighted by molar-refractivity contribution is -0.384. The van der Waals surface area contributed by atoms with Crippen molar-refractivity contribution in [2.45, 2.75) is 12.5 Å². The summed E-state index contributed by atoms with van der Waals surface area (Å²) in [5.41, 5.74) is 1.79. The molecular formula is C25H19FN4O7. The Kier molecular flexibility index (Phi) is 6.91.